The van der Waals surface area contributed by atoms with Gasteiger partial charge in [-0.1, -0.05) is 6.07 Å². The van der Waals surface area contributed by atoms with E-state index in [4.69, 9.17) is 18.9 Å². The van der Waals surface area contributed by atoms with Gasteiger partial charge in [0.05, 0.1) is 13.2 Å². The Morgan fingerprint density at radius 2 is 1.86 bits per heavy atom. The average molecular weight is 527 g/mol. The van der Waals surface area contributed by atoms with Crippen LogP contribution in [0.1, 0.15) is 50.6 Å². The summed E-state index contributed by atoms with van der Waals surface area (Å²) in [5.74, 6) is 0.00973. The van der Waals surface area contributed by atoms with Gasteiger partial charge in [0.25, 0.3) is 0 Å². The van der Waals surface area contributed by atoms with Crippen molar-refractivity contribution in [3.05, 3.63) is 40.8 Å². The lowest BCUT2D eigenvalue weighted by Gasteiger charge is -2.39. The molecule has 0 aliphatic carbocycles. The maximum atomic E-state index is 14.9. The summed E-state index contributed by atoms with van der Waals surface area (Å²) in [6.07, 6.45) is -8.54. The van der Waals surface area contributed by atoms with E-state index in [1.54, 1.807) is 16.8 Å². The number of hydrogen-bond acceptors (Lipinski definition) is 10. The van der Waals surface area contributed by atoms with Gasteiger partial charge < -0.3 is 39.0 Å². The molecule has 0 spiro atoms. The van der Waals surface area contributed by atoms with Crippen molar-refractivity contribution >= 4 is 6.16 Å². The zero-order chi connectivity index (χ0) is 27.4. The molecule has 5 atom stereocenters. The van der Waals surface area contributed by atoms with Gasteiger partial charge in [0.2, 0.25) is 12.2 Å². The zero-order valence-electron chi connectivity index (χ0n) is 21.8. The van der Waals surface area contributed by atoms with Crippen LogP contribution >= 0.6 is 0 Å². The number of aliphatic hydroxyl groups excluding tert-OH is 3. The van der Waals surface area contributed by atoms with Crippen LogP contribution < -0.4 is 9.47 Å². The molecule has 12 heteroatoms. The number of hydrogen-bond donors (Lipinski definition) is 3. The van der Waals surface area contributed by atoms with E-state index in [1.807, 2.05) is 34.6 Å². The van der Waals surface area contributed by atoms with Crippen LogP contribution in [0.15, 0.2) is 18.2 Å². The number of nitrogens with zero attached hydrogens (tertiary/aromatic N) is 2. The maximum Gasteiger partial charge on any atom is 0.508 e. The third kappa shape index (κ3) is 6.69. The summed E-state index contributed by atoms with van der Waals surface area (Å²) >= 11 is 0. The molecular weight excluding hydrogens is 491 g/mol. The number of aromatic nitrogens is 2. The summed E-state index contributed by atoms with van der Waals surface area (Å²) in [7, 11) is 1.12. The lowest BCUT2D eigenvalue weighted by atomic mass is 9.99. The van der Waals surface area contributed by atoms with Crippen LogP contribution in [-0.2, 0) is 20.6 Å². The Kier molecular flexibility index (Phi) is 9.35. The number of benzene rings is 1. The second-order valence-electron chi connectivity index (χ2n) is 9.40. The molecule has 1 aromatic carbocycles. The number of carbonyl (C=O) groups is 1. The third-order valence-electron chi connectivity index (χ3n) is 5.92. The Morgan fingerprint density at radius 3 is 2.46 bits per heavy atom. The summed E-state index contributed by atoms with van der Waals surface area (Å²) in [5, 5.41) is 35.6. The Labute approximate surface area is 214 Å². The molecule has 1 fully saturated rings. The zero-order valence-corrected chi connectivity index (χ0v) is 21.8. The van der Waals surface area contributed by atoms with Crippen LogP contribution in [0.4, 0.5) is 9.18 Å². The molecule has 37 heavy (non-hydrogen) atoms. The van der Waals surface area contributed by atoms with Crippen LogP contribution in [0.5, 0.6) is 11.6 Å². The normalized spacial score (nSPS) is 23.8. The van der Waals surface area contributed by atoms with E-state index in [-0.39, 0.29) is 24.4 Å². The molecule has 1 aromatic heterocycles. The topological polar surface area (TPSA) is 142 Å². The second-order valence-corrected chi connectivity index (χ2v) is 9.40. The molecule has 3 N–H and O–H groups in total. The lowest BCUT2D eigenvalue weighted by molar-refractivity contribution is -0.278. The van der Waals surface area contributed by atoms with E-state index in [0.717, 1.165) is 7.11 Å². The smallest absolute Gasteiger partial charge is 0.491 e. The molecular formula is C25H35FN2O9. The van der Waals surface area contributed by atoms with E-state index < -0.39 is 49.3 Å². The highest BCUT2D eigenvalue weighted by Crippen LogP contribution is 2.32. The molecule has 0 saturated carbocycles. The first kappa shape index (κ1) is 28.6. The summed E-state index contributed by atoms with van der Waals surface area (Å²) < 4.78 is 42.9. The Balaban J connectivity index is 1.88. The quantitative estimate of drug-likeness (QED) is 0.417. The van der Waals surface area contributed by atoms with E-state index >= 15 is 0 Å². The first-order valence-corrected chi connectivity index (χ1v) is 12.0. The van der Waals surface area contributed by atoms with Crippen molar-refractivity contribution in [1.29, 1.82) is 0 Å². The van der Waals surface area contributed by atoms with Crippen molar-refractivity contribution in [2.75, 3.05) is 13.7 Å². The number of halogens is 1. The van der Waals surface area contributed by atoms with E-state index in [0.29, 0.717) is 22.6 Å². The van der Waals surface area contributed by atoms with Crippen LogP contribution in [0.2, 0.25) is 0 Å². The molecule has 0 amide bonds. The standard InChI is InChI=1S/C25H35FN2O9/c1-12(2)28-14(5)17(9-15-7-8-16(10-18(15)26)35-13(3)4)23(27-28)37-24-22(31)21(30)20(29)19(36-24)11-34-25(32)33-6/h7-8,10,12-13,19-22,24,29-31H,9,11H2,1-6H3/t19-,20-,21+,22-,24?/m1/s1. The van der Waals surface area contributed by atoms with Gasteiger partial charge in [-0.3, -0.25) is 4.68 Å². The highest BCUT2D eigenvalue weighted by Gasteiger charge is 2.46. The van der Waals surface area contributed by atoms with Crippen LogP contribution in [0, 0.1) is 12.7 Å². The molecule has 206 valence electrons. The minimum Gasteiger partial charge on any atom is -0.491 e. The van der Waals surface area contributed by atoms with Crippen LogP contribution in [0.3, 0.4) is 0 Å². The van der Waals surface area contributed by atoms with Crippen molar-refractivity contribution in [1.82, 2.24) is 9.78 Å². The van der Waals surface area contributed by atoms with E-state index in [9.17, 15) is 24.5 Å². The monoisotopic (exact) mass is 526 g/mol. The fraction of sp³-hybridized carbons (Fsp3) is 0.600. The summed E-state index contributed by atoms with van der Waals surface area (Å²) in [5.41, 5.74) is 1.63. The van der Waals surface area contributed by atoms with Crippen molar-refractivity contribution in [2.45, 2.75) is 83.9 Å². The molecule has 1 unspecified atom stereocenters. The first-order chi connectivity index (χ1) is 17.4. The SMILES string of the molecule is COC(=O)OC[C@H]1OC(Oc2nn(C(C)C)c(C)c2Cc2ccc(OC(C)C)cc2F)[C@H](O)[C@@H](O)[C@@H]1O. The Bertz CT molecular complexity index is 1070. The minimum absolute atomic E-state index is 0.0615. The molecule has 0 bridgehead atoms. The fourth-order valence-electron chi connectivity index (χ4n) is 4.01. The molecule has 2 aromatic rings. The molecule has 1 aliphatic rings. The van der Waals surface area contributed by atoms with Gasteiger partial charge in [-0.25, -0.2) is 9.18 Å². The summed E-state index contributed by atoms with van der Waals surface area (Å²) in [6.45, 7) is 8.88. The molecule has 11 nitrogen and oxygen atoms in total. The molecule has 1 aliphatic heterocycles. The van der Waals surface area contributed by atoms with E-state index in [1.165, 1.54) is 6.07 Å². The number of rotatable bonds is 9. The van der Waals surface area contributed by atoms with Gasteiger partial charge in [-0.15, -0.1) is 5.10 Å². The Morgan fingerprint density at radius 1 is 1.16 bits per heavy atom. The first-order valence-electron chi connectivity index (χ1n) is 12.0. The van der Waals surface area contributed by atoms with Gasteiger partial charge >= 0.3 is 6.16 Å². The molecule has 1 saturated heterocycles. The number of ether oxygens (including phenoxy) is 5. The van der Waals surface area contributed by atoms with Gasteiger partial charge in [0.1, 0.15) is 42.6 Å². The largest absolute Gasteiger partial charge is 0.508 e. The third-order valence-corrected chi connectivity index (χ3v) is 5.92. The average Bonchev–Trinajstić information content (AvgIpc) is 3.14. The minimum atomic E-state index is -1.66. The Hall–Kier alpha value is -2.93. The molecule has 0 radical (unpaired) electrons. The number of aliphatic hydroxyl groups is 3. The van der Waals surface area contributed by atoms with Crippen molar-refractivity contribution in [3.63, 3.8) is 0 Å². The predicted molar refractivity (Wildman–Crippen MR) is 128 cm³/mol. The number of methoxy groups -OCH3 is 1. The summed E-state index contributed by atoms with van der Waals surface area (Å²) in [4.78, 5) is 11.3. The molecule has 2 heterocycles. The lowest BCUT2D eigenvalue weighted by Crippen LogP contribution is -2.60. The molecule has 3 rings (SSSR count). The highest BCUT2D eigenvalue weighted by molar-refractivity contribution is 5.59. The van der Waals surface area contributed by atoms with Crippen LogP contribution in [-0.4, -0.2) is 81.8 Å². The second kappa shape index (κ2) is 12.1. The van der Waals surface area contributed by atoms with Gasteiger partial charge in [0.15, 0.2) is 0 Å². The van der Waals surface area contributed by atoms with Crippen molar-refractivity contribution in [2.24, 2.45) is 0 Å². The van der Waals surface area contributed by atoms with Gasteiger partial charge in [-0.05, 0) is 46.2 Å². The maximum absolute atomic E-state index is 14.9. The summed E-state index contributed by atoms with van der Waals surface area (Å²) in [6, 6.07) is 4.55. The highest BCUT2D eigenvalue weighted by atomic mass is 19.1. The van der Waals surface area contributed by atoms with Gasteiger partial charge in [-0.2, -0.15) is 0 Å². The van der Waals surface area contributed by atoms with E-state index in [2.05, 4.69) is 9.84 Å². The van der Waals surface area contributed by atoms with Gasteiger partial charge in [0, 0.05) is 29.8 Å². The number of carbonyl (C=O) groups excluding carboxylic acids is 1. The fourth-order valence-corrected chi connectivity index (χ4v) is 4.01. The van der Waals surface area contributed by atoms with Crippen molar-refractivity contribution < 1.29 is 48.2 Å². The van der Waals surface area contributed by atoms with Crippen molar-refractivity contribution in [3.8, 4) is 11.6 Å². The van der Waals surface area contributed by atoms with Crippen LogP contribution in [0.25, 0.3) is 0 Å². The predicted octanol–water partition coefficient (Wildman–Crippen LogP) is 2.26.